The van der Waals surface area contributed by atoms with Gasteiger partial charge in [0.1, 0.15) is 0 Å². The van der Waals surface area contributed by atoms with Crippen LogP contribution in [0.25, 0.3) is 0 Å². The molecule has 0 aliphatic carbocycles. The first-order valence-corrected chi connectivity index (χ1v) is 8.29. The lowest BCUT2D eigenvalue weighted by atomic mass is 9.84. The molecule has 1 atom stereocenters. The first-order chi connectivity index (χ1) is 12.7. The summed E-state index contributed by atoms with van der Waals surface area (Å²) in [7, 11) is 0. The second-order valence-corrected chi connectivity index (χ2v) is 6.60. The fourth-order valence-corrected chi connectivity index (χ4v) is 2.41. The number of aromatic nitrogens is 1. The van der Waals surface area contributed by atoms with Gasteiger partial charge in [0, 0.05) is 24.2 Å². The lowest BCUT2D eigenvalue weighted by Gasteiger charge is -2.27. The van der Waals surface area contributed by atoms with Crippen LogP contribution in [-0.4, -0.2) is 41.9 Å². The molecule has 8 heteroatoms. The Morgan fingerprint density at radius 1 is 1.19 bits per heavy atom. The standard InChI is InChI=1S/C19H21F3N2O3/c1-18(12-25,9-14-5-3-2-4-6-14)11-24-17(26)15-7-8-16(23-10-15)27-13-19(20,21)22/h2-8,10,25H,9,11-13H2,1H3,(H,24,26)/t18-/m0/s1. The number of pyridine rings is 1. The van der Waals surface area contributed by atoms with E-state index < -0.39 is 24.1 Å². The van der Waals surface area contributed by atoms with Crippen LogP contribution in [0.1, 0.15) is 22.8 Å². The topological polar surface area (TPSA) is 71.5 Å². The fraction of sp³-hybridized carbons (Fsp3) is 0.368. The van der Waals surface area contributed by atoms with Gasteiger partial charge in [-0.05, 0) is 18.1 Å². The van der Waals surface area contributed by atoms with Crippen LogP contribution in [0.2, 0.25) is 0 Å². The molecule has 1 amide bonds. The Balaban J connectivity index is 1.91. The number of alkyl halides is 3. The van der Waals surface area contributed by atoms with Crippen LogP contribution in [0.4, 0.5) is 13.2 Å². The van der Waals surface area contributed by atoms with E-state index in [1.165, 1.54) is 12.1 Å². The maximum absolute atomic E-state index is 12.2. The van der Waals surface area contributed by atoms with Crippen LogP contribution in [0.3, 0.4) is 0 Å². The van der Waals surface area contributed by atoms with Crippen molar-refractivity contribution in [1.29, 1.82) is 0 Å². The number of hydrogen-bond acceptors (Lipinski definition) is 4. The van der Waals surface area contributed by atoms with Gasteiger partial charge in [0.15, 0.2) is 6.61 Å². The average molecular weight is 382 g/mol. The zero-order valence-corrected chi connectivity index (χ0v) is 14.8. The van der Waals surface area contributed by atoms with Gasteiger partial charge in [0.25, 0.3) is 5.91 Å². The number of aliphatic hydroxyl groups is 1. The summed E-state index contributed by atoms with van der Waals surface area (Å²) in [6, 6.07) is 12.1. The number of ether oxygens (including phenoxy) is 1. The summed E-state index contributed by atoms with van der Waals surface area (Å²) >= 11 is 0. The van der Waals surface area contributed by atoms with E-state index in [1.807, 2.05) is 37.3 Å². The lowest BCUT2D eigenvalue weighted by molar-refractivity contribution is -0.154. The molecule has 0 radical (unpaired) electrons. The molecular weight excluding hydrogens is 361 g/mol. The molecule has 0 saturated heterocycles. The number of nitrogens with zero attached hydrogens (tertiary/aromatic N) is 1. The third-order valence-electron chi connectivity index (χ3n) is 3.91. The van der Waals surface area contributed by atoms with E-state index in [-0.39, 0.29) is 24.6 Å². The van der Waals surface area contributed by atoms with Gasteiger partial charge in [-0.2, -0.15) is 13.2 Å². The van der Waals surface area contributed by atoms with Crippen molar-refractivity contribution >= 4 is 5.91 Å². The third kappa shape index (κ3) is 6.90. The summed E-state index contributed by atoms with van der Waals surface area (Å²) < 4.78 is 40.8. The molecule has 2 N–H and O–H groups in total. The molecular formula is C19H21F3N2O3. The number of carbonyl (C=O) groups is 1. The van der Waals surface area contributed by atoms with Crippen molar-refractivity contribution in [2.45, 2.75) is 19.5 Å². The molecule has 27 heavy (non-hydrogen) atoms. The Bertz CT molecular complexity index is 736. The minimum absolute atomic E-state index is 0.120. The van der Waals surface area contributed by atoms with Crippen molar-refractivity contribution in [3.8, 4) is 5.88 Å². The van der Waals surface area contributed by atoms with Crippen LogP contribution in [-0.2, 0) is 6.42 Å². The number of amides is 1. The molecule has 0 unspecified atom stereocenters. The van der Waals surface area contributed by atoms with Gasteiger partial charge in [-0.15, -0.1) is 0 Å². The SMILES string of the molecule is C[C@@](CO)(CNC(=O)c1ccc(OCC(F)(F)F)nc1)Cc1ccccc1. The zero-order chi connectivity index (χ0) is 19.9. The van der Waals surface area contributed by atoms with E-state index in [2.05, 4.69) is 15.0 Å². The number of halogens is 3. The van der Waals surface area contributed by atoms with Gasteiger partial charge < -0.3 is 15.2 Å². The zero-order valence-electron chi connectivity index (χ0n) is 14.8. The maximum Gasteiger partial charge on any atom is 0.422 e. The van der Waals surface area contributed by atoms with Crippen LogP contribution in [0.5, 0.6) is 5.88 Å². The first-order valence-electron chi connectivity index (χ1n) is 8.29. The van der Waals surface area contributed by atoms with E-state index in [1.54, 1.807) is 0 Å². The lowest BCUT2D eigenvalue weighted by Crippen LogP contribution is -2.39. The van der Waals surface area contributed by atoms with Crippen LogP contribution in [0.15, 0.2) is 48.7 Å². The van der Waals surface area contributed by atoms with E-state index >= 15 is 0 Å². The number of hydrogen-bond donors (Lipinski definition) is 2. The molecule has 1 heterocycles. The highest BCUT2D eigenvalue weighted by Gasteiger charge is 2.29. The largest absolute Gasteiger partial charge is 0.468 e. The Labute approximate surface area is 155 Å². The molecule has 1 aromatic carbocycles. The number of benzene rings is 1. The summed E-state index contributed by atoms with van der Waals surface area (Å²) in [5, 5.41) is 12.4. The summed E-state index contributed by atoms with van der Waals surface area (Å²) in [6.07, 6.45) is -2.73. The van der Waals surface area contributed by atoms with Crippen molar-refractivity contribution < 1.29 is 27.8 Å². The van der Waals surface area contributed by atoms with Gasteiger partial charge in [-0.25, -0.2) is 4.98 Å². The number of nitrogens with one attached hydrogen (secondary N) is 1. The van der Waals surface area contributed by atoms with Gasteiger partial charge >= 0.3 is 6.18 Å². The highest BCUT2D eigenvalue weighted by molar-refractivity contribution is 5.93. The quantitative estimate of drug-likeness (QED) is 0.736. The Morgan fingerprint density at radius 2 is 1.89 bits per heavy atom. The highest BCUT2D eigenvalue weighted by Crippen LogP contribution is 2.21. The molecule has 2 rings (SSSR count). The molecule has 0 aliphatic rings. The van der Waals surface area contributed by atoms with Crippen LogP contribution < -0.4 is 10.1 Å². The average Bonchev–Trinajstić information content (AvgIpc) is 2.65. The monoisotopic (exact) mass is 382 g/mol. The normalized spacial score (nSPS) is 13.7. The Morgan fingerprint density at radius 3 is 2.44 bits per heavy atom. The molecule has 0 saturated carbocycles. The van der Waals surface area contributed by atoms with Gasteiger partial charge in [-0.3, -0.25) is 4.79 Å². The maximum atomic E-state index is 12.2. The molecule has 1 aromatic heterocycles. The van der Waals surface area contributed by atoms with Crippen molar-refractivity contribution in [1.82, 2.24) is 10.3 Å². The fourth-order valence-electron chi connectivity index (χ4n) is 2.41. The highest BCUT2D eigenvalue weighted by atomic mass is 19.4. The summed E-state index contributed by atoms with van der Waals surface area (Å²) in [5.74, 6) is -0.647. The number of rotatable bonds is 8. The summed E-state index contributed by atoms with van der Waals surface area (Å²) in [6.45, 7) is 0.515. The molecule has 0 bridgehead atoms. The van der Waals surface area contributed by atoms with Crippen LogP contribution >= 0.6 is 0 Å². The van der Waals surface area contributed by atoms with E-state index in [9.17, 15) is 23.1 Å². The second-order valence-electron chi connectivity index (χ2n) is 6.60. The van der Waals surface area contributed by atoms with Crippen LogP contribution in [0, 0.1) is 5.41 Å². The van der Waals surface area contributed by atoms with Crippen molar-refractivity contribution in [2.24, 2.45) is 5.41 Å². The van der Waals surface area contributed by atoms with Crippen molar-refractivity contribution in [2.75, 3.05) is 19.8 Å². The van der Waals surface area contributed by atoms with Gasteiger partial charge in [0.2, 0.25) is 5.88 Å². The summed E-state index contributed by atoms with van der Waals surface area (Å²) in [4.78, 5) is 15.9. The van der Waals surface area contributed by atoms with Gasteiger partial charge in [-0.1, -0.05) is 37.3 Å². The van der Waals surface area contributed by atoms with E-state index in [0.29, 0.717) is 6.42 Å². The second kappa shape index (κ2) is 8.85. The Hall–Kier alpha value is -2.61. The molecule has 0 fully saturated rings. The predicted molar refractivity (Wildman–Crippen MR) is 93.5 cm³/mol. The minimum Gasteiger partial charge on any atom is -0.468 e. The molecule has 0 aliphatic heterocycles. The van der Waals surface area contributed by atoms with Crippen molar-refractivity contribution in [3.05, 3.63) is 59.8 Å². The van der Waals surface area contributed by atoms with E-state index in [4.69, 9.17) is 0 Å². The third-order valence-corrected chi connectivity index (χ3v) is 3.91. The smallest absolute Gasteiger partial charge is 0.422 e. The number of aliphatic hydroxyl groups excluding tert-OH is 1. The van der Waals surface area contributed by atoms with Crippen molar-refractivity contribution in [3.63, 3.8) is 0 Å². The molecule has 2 aromatic rings. The molecule has 0 spiro atoms. The van der Waals surface area contributed by atoms with Gasteiger partial charge in [0.05, 0.1) is 12.2 Å². The summed E-state index contributed by atoms with van der Waals surface area (Å²) in [5.41, 5.74) is 0.672. The first kappa shape index (κ1) is 20.7. The minimum atomic E-state index is -4.45. The molecule has 5 nitrogen and oxygen atoms in total. The predicted octanol–water partition coefficient (Wildman–Crippen LogP) is 2.99. The Kier molecular flexibility index (Phi) is 6.79. The molecule has 146 valence electrons. The van der Waals surface area contributed by atoms with E-state index in [0.717, 1.165) is 11.8 Å². The number of carbonyl (C=O) groups excluding carboxylic acids is 1.